The van der Waals surface area contributed by atoms with Gasteiger partial charge in [-0.2, -0.15) is 0 Å². The third-order valence-corrected chi connectivity index (χ3v) is 3.00. The van der Waals surface area contributed by atoms with E-state index >= 15 is 0 Å². The van der Waals surface area contributed by atoms with Crippen molar-refractivity contribution in [2.75, 3.05) is 17.7 Å². The van der Waals surface area contributed by atoms with Gasteiger partial charge in [-0.25, -0.2) is 9.37 Å². The molecule has 0 bridgehead atoms. The standard InChI is InChI=1S/C13H10Cl2FN3O/c1-17-12-5-7(4-11(15)19-12)13(20)18-10-3-2-8(16)6-9(10)14/h2-6H,1H3,(H,17,19)(H,18,20). The summed E-state index contributed by atoms with van der Waals surface area (Å²) in [6.07, 6.45) is 0. The molecule has 20 heavy (non-hydrogen) atoms. The van der Waals surface area contributed by atoms with Crippen LogP contribution in [0.4, 0.5) is 15.9 Å². The Balaban J connectivity index is 2.26. The van der Waals surface area contributed by atoms with E-state index in [2.05, 4.69) is 15.6 Å². The number of hydrogen-bond acceptors (Lipinski definition) is 3. The van der Waals surface area contributed by atoms with Gasteiger partial charge in [-0.1, -0.05) is 23.2 Å². The zero-order valence-electron chi connectivity index (χ0n) is 10.4. The summed E-state index contributed by atoms with van der Waals surface area (Å²) >= 11 is 11.7. The van der Waals surface area contributed by atoms with Crippen molar-refractivity contribution >= 4 is 40.6 Å². The Bertz CT molecular complexity index is 664. The van der Waals surface area contributed by atoms with Crippen LogP contribution >= 0.6 is 23.2 Å². The molecule has 0 spiro atoms. The molecule has 0 aliphatic heterocycles. The number of amides is 1. The highest BCUT2D eigenvalue weighted by molar-refractivity contribution is 6.34. The molecule has 104 valence electrons. The molecule has 0 saturated heterocycles. The summed E-state index contributed by atoms with van der Waals surface area (Å²) in [4.78, 5) is 16.1. The number of carbonyl (C=O) groups excluding carboxylic acids is 1. The lowest BCUT2D eigenvalue weighted by molar-refractivity contribution is 0.102. The minimum atomic E-state index is -0.475. The molecule has 0 atom stereocenters. The molecule has 0 aliphatic carbocycles. The maximum Gasteiger partial charge on any atom is 0.255 e. The summed E-state index contributed by atoms with van der Waals surface area (Å²) in [5, 5.41) is 5.68. The van der Waals surface area contributed by atoms with E-state index < -0.39 is 11.7 Å². The molecule has 1 aromatic carbocycles. The SMILES string of the molecule is CNc1cc(C(=O)Nc2ccc(F)cc2Cl)cc(Cl)n1. The van der Waals surface area contributed by atoms with E-state index in [1.165, 1.54) is 18.2 Å². The lowest BCUT2D eigenvalue weighted by Crippen LogP contribution is -2.13. The van der Waals surface area contributed by atoms with Gasteiger partial charge in [0, 0.05) is 12.6 Å². The zero-order valence-corrected chi connectivity index (χ0v) is 11.9. The molecule has 0 saturated carbocycles. The minimum Gasteiger partial charge on any atom is -0.373 e. The van der Waals surface area contributed by atoms with Gasteiger partial charge >= 0.3 is 0 Å². The average molecular weight is 314 g/mol. The third-order valence-electron chi connectivity index (χ3n) is 2.49. The molecule has 0 fully saturated rings. The van der Waals surface area contributed by atoms with Crippen molar-refractivity contribution in [1.82, 2.24) is 4.98 Å². The van der Waals surface area contributed by atoms with Gasteiger partial charge < -0.3 is 10.6 Å². The molecule has 1 aromatic heterocycles. The molecule has 4 nitrogen and oxygen atoms in total. The van der Waals surface area contributed by atoms with E-state index in [1.807, 2.05) is 0 Å². The number of aromatic nitrogens is 1. The van der Waals surface area contributed by atoms with Crippen LogP contribution in [-0.2, 0) is 0 Å². The van der Waals surface area contributed by atoms with Crippen LogP contribution in [0.3, 0.4) is 0 Å². The van der Waals surface area contributed by atoms with Crippen molar-refractivity contribution in [3.8, 4) is 0 Å². The lowest BCUT2D eigenvalue weighted by Gasteiger charge is -2.08. The third kappa shape index (κ3) is 3.37. The number of pyridine rings is 1. The zero-order chi connectivity index (χ0) is 14.7. The molecular formula is C13H10Cl2FN3O. The van der Waals surface area contributed by atoms with Crippen LogP contribution < -0.4 is 10.6 Å². The van der Waals surface area contributed by atoms with Crippen molar-refractivity contribution in [3.05, 3.63) is 51.9 Å². The fraction of sp³-hybridized carbons (Fsp3) is 0.0769. The van der Waals surface area contributed by atoms with Crippen molar-refractivity contribution in [2.45, 2.75) is 0 Å². The summed E-state index contributed by atoms with van der Waals surface area (Å²) < 4.78 is 12.9. The molecule has 7 heteroatoms. The Morgan fingerprint density at radius 2 is 2.00 bits per heavy atom. The van der Waals surface area contributed by atoms with Crippen LogP contribution in [0, 0.1) is 5.82 Å². The number of halogens is 3. The average Bonchev–Trinajstić information content (AvgIpc) is 2.41. The lowest BCUT2D eigenvalue weighted by atomic mass is 10.2. The van der Waals surface area contributed by atoms with Crippen molar-refractivity contribution in [3.63, 3.8) is 0 Å². The Labute approximate surface area is 124 Å². The smallest absolute Gasteiger partial charge is 0.255 e. The van der Waals surface area contributed by atoms with Gasteiger partial charge in [-0.05, 0) is 30.3 Å². The van der Waals surface area contributed by atoms with Gasteiger partial charge in [0.05, 0.1) is 10.7 Å². The molecular weight excluding hydrogens is 304 g/mol. The maximum atomic E-state index is 12.9. The Morgan fingerprint density at radius 1 is 1.25 bits per heavy atom. The second-order valence-corrected chi connectivity index (χ2v) is 4.69. The number of nitrogens with zero attached hydrogens (tertiary/aromatic N) is 1. The molecule has 1 heterocycles. The predicted octanol–water partition coefficient (Wildman–Crippen LogP) is 3.82. The van der Waals surface area contributed by atoms with Crippen LogP contribution in [0.5, 0.6) is 0 Å². The molecule has 0 radical (unpaired) electrons. The van der Waals surface area contributed by atoms with Crippen molar-refractivity contribution < 1.29 is 9.18 Å². The van der Waals surface area contributed by atoms with Gasteiger partial charge in [-0.3, -0.25) is 4.79 Å². The summed E-state index contributed by atoms with van der Waals surface area (Å²) in [5.74, 6) is -0.426. The van der Waals surface area contributed by atoms with E-state index in [-0.39, 0.29) is 10.2 Å². The predicted molar refractivity (Wildman–Crippen MR) is 78.2 cm³/mol. The summed E-state index contributed by atoms with van der Waals surface area (Å²) in [6, 6.07) is 6.68. The summed E-state index contributed by atoms with van der Waals surface area (Å²) in [6.45, 7) is 0. The highest BCUT2D eigenvalue weighted by Gasteiger charge is 2.11. The van der Waals surface area contributed by atoms with Gasteiger partial charge in [0.15, 0.2) is 0 Å². The molecule has 0 aliphatic rings. The van der Waals surface area contributed by atoms with Crippen LogP contribution in [0.1, 0.15) is 10.4 Å². The van der Waals surface area contributed by atoms with Crippen molar-refractivity contribution in [2.24, 2.45) is 0 Å². The second kappa shape index (κ2) is 6.07. The van der Waals surface area contributed by atoms with Crippen LogP contribution in [0.2, 0.25) is 10.2 Å². The van der Waals surface area contributed by atoms with Crippen LogP contribution in [-0.4, -0.2) is 17.9 Å². The quantitative estimate of drug-likeness (QED) is 0.847. The number of nitrogens with one attached hydrogen (secondary N) is 2. The molecule has 2 aromatic rings. The van der Waals surface area contributed by atoms with E-state index in [0.29, 0.717) is 17.1 Å². The largest absolute Gasteiger partial charge is 0.373 e. The first-order valence-corrected chi connectivity index (χ1v) is 6.37. The van der Waals surface area contributed by atoms with Gasteiger partial charge in [0.2, 0.25) is 0 Å². The van der Waals surface area contributed by atoms with E-state index in [9.17, 15) is 9.18 Å². The fourth-order valence-corrected chi connectivity index (χ4v) is 1.96. The minimum absolute atomic E-state index is 0.118. The second-order valence-electron chi connectivity index (χ2n) is 3.89. The summed E-state index contributed by atoms with van der Waals surface area (Å²) in [7, 11) is 1.66. The first kappa shape index (κ1) is 14.6. The first-order valence-electron chi connectivity index (χ1n) is 5.61. The number of anilines is 2. The highest BCUT2D eigenvalue weighted by Crippen LogP contribution is 2.23. The number of benzene rings is 1. The summed E-state index contributed by atoms with van der Waals surface area (Å²) in [5.41, 5.74) is 0.631. The van der Waals surface area contributed by atoms with Gasteiger partial charge in [0.25, 0.3) is 5.91 Å². The van der Waals surface area contributed by atoms with Gasteiger partial charge in [-0.15, -0.1) is 0 Å². The van der Waals surface area contributed by atoms with Gasteiger partial charge in [0.1, 0.15) is 16.8 Å². The Hall–Kier alpha value is -1.85. The number of rotatable bonds is 3. The van der Waals surface area contributed by atoms with Crippen LogP contribution in [0.25, 0.3) is 0 Å². The normalized spacial score (nSPS) is 10.2. The van der Waals surface area contributed by atoms with Crippen LogP contribution in [0.15, 0.2) is 30.3 Å². The molecule has 2 rings (SSSR count). The highest BCUT2D eigenvalue weighted by atomic mass is 35.5. The fourth-order valence-electron chi connectivity index (χ4n) is 1.54. The van der Waals surface area contributed by atoms with E-state index in [1.54, 1.807) is 13.1 Å². The topological polar surface area (TPSA) is 54.0 Å². The van der Waals surface area contributed by atoms with E-state index in [4.69, 9.17) is 23.2 Å². The molecule has 0 unspecified atom stereocenters. The maximum absolute atomic E-state index is 12.9. The number of hydrogen-bond donors (Lipinski definition) is 2. The Kier molecular flexibility index (Phi) is 4.42. The Morgan fingerprint density at radius 3 is 2.65 bits per heavy atom. The monoisotopic (exact) mass is 313 g/mol. The number of carbonyl (C=O) groups is 1. The first-order chi connectivity index (χ1) is 9.49. The molecule has 2 N–H and O–H groups in total. The molecule has 1 amide bonds. The van der Waals surface area contributed by atoms with Crippen molar-refractivity contribution in [1.29, 1.82) is 0 Å². The van der Waals surface area contributed by atoms with E-state index in [0.717, 1.165) is 6.07 Å².